The summed E-state index contributed by atoms with van der Waals surface area (Å²) in [6.07, 6.45) is 1.55. The van der Waals surface area contributed by atoms with Crippen molar-refractivity contribution in [3.8, 4) is 0 Å². The number of nitrogens with zero attached hydrogens (tertiary/aromatic N) is 3. The molecule has 3 aromatic rings. The van der Waals surface area contributed by atoms with Gasteiger partial charge in [0.1, 0.15) is 5.01 Å². The maximum Gasteiger partial charge on any atom is 0.286 e. The van der Waals surface area contributed by atoms with Crippen LogP contribution in [0.5, 0.6) is 0 Å². The molecule has 32 heavy (non-hydrogen) atoms. The van der Waals surface area contributed by atoms with Crippen molar-refractivity contribution in [1.29, 1.82) is 0 Å². The molecule has 2 aromatic carbocycles. The van der Waals surface area contributed by atoms with Gasteiger partial charge < -0.3 is 5.32 Å². The largest absolute Gasteiger partial charge is 0.320 e. The molecule has 0 saturated carbocycles. The van der Waals surface area contributed by atoms with Crippen molar-refractivity contribution < 1.29 is 13.2 Å². The van der Waals surface area contributed by atoms with Gasteiger partial charge in [0.05, 0.1) is 4.90 Å². The molecular formula is C23H26N4O3S2. The normalized spacial score (nSPS) is 17.3. The van der Waals surface area contributed by atoms with E-state index in [4.69, 9.17) is 0 Å². The number of benzene rings is 2. The first kappa shape index (κ1) is 22.6. The first-order valence-corrected chi connectivity index (χ1v) is 12.8. The number of aryl methyl sites for hydroxylation is 3. The van der Waals surface area contributed by atoms with E-state index < -0.39 is 10.0 Å². The van der Waals surface area contributed by atoms with Gasteiger partial charge in [-0.2, -0.15) is 4.31 Å². The van der Waals surface area contributed by atoms with Crippen LogP contribution in [0.4, 0.5) is 5.69 Å². The third kappa shape index (κ3) is 4.74. The molecule has 1 aliphatic heterocycles. The van der Waals surface area contributed by atoms with Gasteiger partial charge >= 0.3 is 0 Å². The van der Waals surface area contributed by atoms with Gasteiger partial charge in [0.25, 0.3) is 5.91 Å². The molecule has 1 saturated heterocycles. The summed E-state index contributed by atoms with van der Waals surface area (Å²) in [6, 6.07) is 12.9. The average molecular weight is 471 g/mol. The van der Waals surface area contributed by atoms with Crippen LogP contribution in [0, 0.1) is 20.8 Å². The monoisotopic (exact) mass is 470 g/mol. The molecule has 0 spiro atoms. The standard InChI is InChI=1S/C23H26N4O3S2/c1-15-6-9-19(10-7-15)24-21(28)23-26-25-22(31-23)18-5-4-12-27(14-18)32(29,30)20-11-8-16(2)13-17(20)3/h6-11,13,18H,4-5,12,14H2,1-3H3,(H,24,28)/t18-/m1/s1. The Balaban J connectivity index is 1.48. The van der Waals surface area contributed by atoms with Crippen LogP contribution in [-0.2, 0) is 10.0 Å². The Morgan fingerprint density at radius 3 is 2.50 bits per heavy atom. The molecule has 7 nitrogen and oxygen atoms in total. The zero-order valence-corrected chi connectivity index (χ0v) is 20.0. The Morgan fingerprint density at radius 2 is 1.78 bits per heavy atom. The molecule has 1 fully saturated rings. The SMILES string of the molecule is Cc1ccc(NC(=O)c2nnc([C@@H]3CCCN(S(=O)(=O)c4ccc(C)cc4C)C3)s2)cc1. The summed E-state index contributed by atoms with van der Waals surface area (Å²) in [6.45, 7) is 6.57. The number of hydrogen-bond acceptors (Lipinski definition) is 6. The van der Waals surface area contributed by atoms with Crippen LogP contribution in [0.1, 0.15) is 50.3 Å². The lowest BCUT2D eigenvalue weighted by Crippen LogP contribution is -2.39. The predicted molar refractivity (Wildman–Crippen MR) is 126 cm³/mol. The second kappa shape index (κ2) is 9.09. The van der Waals surface area contributed by atoms with E-state index in [1.54, 1.807) is 6.07 Å². The number of anilines is 1. The third-order valence-electron chi connectivity index (χ3n) is 5.63. The fraction of sp³-hybridized carbons (Fsp3) is 0.348. The number of carbonyl (C=O) groups excluding carboxylic acids is 1. The van der Waals surface area contributed by atoms with Gasteiger partial charge in [0.15, 0.2) is 0 Å². The molecule has 1 aromatic heterocycles. The first-order chi connectivity index (χ1) is 15.2. The molecule has 1 aliphatic rings. The Labute approximate surface area is 192 Å². The number of amides is 1. The number of aromatic nitrogens is 2. The van der Waals surface area contributed by atoms with Gasteiger partial charge in [-0.05, 0) is 57.4 Å². The van der Waals surface area contributed by atoms with Crippen LogP contribution in [0.3, 0.4) is 0 Å². The number of nitrogens with one attached hydrogen (secondary N) is 1. The molecule has 9 heteroatoms. The summed E-state index contributed by atoms with van der Waals surface area (Å²) >= 11 is 1.23. The summed E-state index contributed by atoms with van der Waals surface area (Å²) in [4.78, 5) is 12.9. The molecule has 168 valence electrons. The fourth-order valence-electron chi connectivity index (χ4n) is 3.90. The van der Waals surface area contributed by atoms with Gasteiger partial charge in [-0.3, -0.25) is 4.79 Å². The first-order valence-electron chi connectivity index (χ1n) is 10.5. The highest BCUT2D eigenvalue weighted by Gasteiger charge is 2.33. The molecule has 0 radical (unpaired) electrons. The van der Waals surface area contributed by atoms with Gasteiger partial charge in [0.2, 0.25) is 15.0 Å². The van der Waals surface area contributed by atoms with Crippen LogP contribution in [-0.4, -0.2) is 41.9 Å². The van der Waals surface area contributed by atoms with Crippen LogP contribution < -0.4 is 5.32 Å². The molecule has 0 aliphatic carbocycles. The number of carbonyl (C=O) groups is 1. The number of piperidine rings is 1. The number of rotatable bonds is 5. The Morgan fingerprint density at radius 1 is 1.06 bits per heavy atom. The highest BCUT2D eigenvalue weighted by molar-refractivity contribution is 7.89. The fourth-order valence-corrected chi connectivity index (χ4v) is 6.50. The molecule has 1 atom stereocenters. The second-order valence-electron chi connectivity index (χ2n) is 8.24. The van der Waals surface area contributed by atoms with Crippen molar-refractivity contribution in [2.24, 2.45) is 0 Å². The van der Waals surface area contributed by atoms with Crippen LogP contribution in [0.25, 0.3) is 0 Å². The van der Waals surface area contributed by atoms with Crippen molar-refractivity contribution in [2.75, 3.05) is 18.4 Å². The lowest BCUT2D eigenvalue weighted by molar-refractivity contribution is 0.102. The van der Waals surface area contributed by atoms with E-state index in [2.05, 4.69) is 15.5 Å². The zero-order valence-electron chi connectivity index (χ0n) is 18.3. The van der Waals surface area contributed by atoms with Crippen LogP contribution in [0.2, 0.25) is 0 Å². The maximum absolute atomic E-state index is 13.3. The molecule has 1 amide bonds. The Bertz CT molecular complexity index is 1240. The highest BCUT2D eigenvalue weighted by atomic mass is 32.2. The summed E-state index contributed by atoms with van der Waals surface area (Å²) in [5.41, 5.74) is 3.58. The second-order valence-corrected chi connectivity index (χ2v) is 11.2. The maximum atomic E-state index is 13.3. The topological polar surface area (TPSA) is 92.3 Å². The minimum Gasteiger partial charge on any atom is -0.320 e. The molecule has 0 unspecified atom stereocenters. The lowest BCUT2D eigenvalue weighted by Gasteiger charge is -2.31. The summed E-state index contributed by atoms with van der Waals surface area (Å²) < 4.78 is 28.1. The smallest absolute Gasteiger partial charge is 0.286 e. The van der Waals surface area contributed by atoms with Crippen molar-refractivity contribution in [2.45, 2.75) is 44.4 Å². The number of hydrogen-bond donors (Lipinski definition) is 1. The van der Waals surface area contributed by atoms with Crippen molar-refractivity contribution >= 4 is 33.0 Å². The van der Waals surface area contributed by atoms with Crippen molar-refractivity contribution in [1.82, 2.24) is 14.5 Å². The molecule has 4 rings (SSSR count). The van der Waals surface area contributed by atoms with Crippen LogP contribution >= 0.6 is 11.3 Å². The molecule has 2 heterocycles. The van der Waals surface area contributed by atoms with E-state index in [1.165, 1.54) is 15.6 Å². The van der Waals surface area contributed by atoms with Crippen LogP contribution in [0.15, 0.2) is 47.4 Å². The minimum atomic E-state index is -3.59. The Kier molecular flexibility index (Phi) is 6.41. The molecule has 1 N–H and O–H groups in total. The van der Waals surface area contributed by atoms with E-state index in [-0.39, 0.29) is 16.8 Å². The summed E-state index contributed by atoms with van der Waals surface area (Å²) in [5, 5.41) is 12.1. The minimum absolute atomic E-state index is 0.0808. The van der Waals surface area contributed by atoms with Gasteiger partial charge in [-0.25, -0.2) is 8.42 Å². The van der Waals surface area contributed by atoms with E-state index in [9.17, 15) is 13.2 Å². The van der Waals surface area contributed by atoms with Gasteiger partial charge in [-0.1, -0.05) is 46.7 Å². The van der Waals surface area contributed by atoms with Crippen molar-refractivity contribution in [3.05, 3.63) is 69.2 Å². The number of sulfonamides is 1. The van der Waals surface area contributed by atoms with Gasteiger partial charge in [-0.15, -0.1) is 10.2 Å². The summed E-state index contributed by atoms with van der Waals surface area (Å²) in [7, 11) is -3.59. The van der Waals surface area contributed by atoms with E-state index in [0.29, 0.717) is 28.7 Å². The highest BCUT2D eigenvalue weighted by Crippen LogP contribution is 2.32. The summed E-state index contributed by atoms with van der Waals surface area (Å²) in [5.74, 6) is -0.393. The van der Waals surface area contributed by atoms with Crippen molar-refractivity contribution in [3.63, 3.8) is 0 Å². The van der Waals surface area contributed by atoms with Gasteiger partial charge in [0, 0.05) is 24.7 Å². The van der Waals surface area contributed by atoms with E-state index in [1.807, 2.05) is 57.2 Å². The third-order valence-corrected chi connectivity index (χ3v) is 8.74. The molecular weight excluding hydrogens is 444 g/mol. The Hall–Kier alpha value is -2.62. The molecule has 0 bridgehead atoms. The predicted octanol–water partition coefficient (Wildman–Crippen LogP) is 4.28. The average Bonchev–Trinajstić information content (AvgIpc) is 3.26. The quantitative estimate of drug-likeness (QED) is 0.601. The van der Waals surface area contributed by atoms with E-state index >= 15 is 0 Å². The zero-order chi connectivity index (χ0) is 22.9. The lowest BCUT2D eigenvalue weighted by atomic mass is 10.0. The van der Waals surface area contributed by atoms with E-state index in [0.717, 1.165) is 29.5 Å².